The normalized spacial score (nSPS) is 19.5. The lowest BCUT2D eigenvalue weighted by Crippen LogP contribution is -2.53. The van der Waals surface area contributed by atoms with Crippen LogP contribution in [0.1, 0.15) is 59.1 Å². The quantitative estimate of drug-likeness (QED) is 0.180. The van der Waals surface area contributed by atoms with E-state index in [-0.39, 0.29) is 23.4 Å². The third kappa shape index (κ3) is 5.95. The summed E-state index contributed by atoms with van der Waals surface area (Å²) in [4.78, 5) is 38.3. The molecule has 3 aliphatic rings. The van der Waals surface area contributed by atoms with E-state index >= 15 is 4.39 Å². The van der Waals surface area contributed by atoms with Gasteiger partial charge < -0.3 is 29.4 Å². The molecule has 266 valence electrons. The Kier molecular flexibility index (Phi) is 8.98. The van der Waals surface area contributed by atoms with Crippen LogP contribution in [0, 0.1) is 25.6 Å². The Balaban J connectivity index is 1.14. The maximum Gasteiger partial charge on any atom is 0.407 e. The van der Waals surface area contributed by atoms with Gasteiger partial charge in [0.2, 0.25) is 12.1 Å². The number of ether oxygens (including phenoxy) is 3. The second-order valence-corrected chi connectivity index (χ2v) is 15.4. The lowest BCUT2D eigenvalue weighted by atomic mass is 9.90. The van der Waals surface area contributed by atoms with E-state index in [4.69, 9.17) is 37.4 Å². The second kappa shape index (κ2) is 13.5. The van der Waals surface area contributed by atoms with Crippen molar-refractivity contribution >= 4 is 57.4 Å². The minimum absolute atomic E-state index is 0.0766. The number of thiophene rings is 1. The molecule has 3 unspecified atom stereocenters. The molecule has 8 rings (SSSR count). The fourth-order valence-electron chi connectivity index (χ4n) is 7.63. The van der Waals surface area contributed by atoms with Crippen molar-refractivity contribution in [1.82, 2.24) is 24.8 Å². The van der Waals surface area contributed by atoms with Gasteiger partial charge in [-0.3, -0.25) is 9.36 Å². The van der Waals surface area contributed by atoms with Crippen LogP contribution in [0.15, 0.2) is 42.6 Å². The van der Waals surface area contributed by atoms with E-state index in [1.807, 2.05) is 10.6 Å². The van der Waals surface area contributed by atoms with Crippen molar-refractivity contribution in [2.75, 3.05) is 26.9 Å². The maximum atomic E-state index is 16.4. The first-order valence-electron chi connectivity index (χ1n) is 17.0. The van der Waals surface area contributed by atoms with E-state index < -0.39 is 24.2 Å². The van der Waals surface area contributed by atoms with Crippen molar-refractivity contribution in [3.63, 3.8) is 0 Å². The number of aromatic nitrogens is 3. The number of aryl methyl sites for hydroxylation is 2. The van der Waals surface area contributed by atoms with Crippen molar-refractivity contribution in [3.05, 3.63) is 79.6 Å². The third-order valence-corrected chi connectivity index (χ3v) is 12.1. The van der Waals surface area contributed by atoms with Crippen molar-refractivity contribution in [2.45, 2.75) is 57.8 Å². The van der Waals surface area contributed by atoms with Crippen LogP contribution in [-0.4, -0.2) is 64.3 Å². The summed E-state index contributed by atoms with van der Waals surface area (Å²) < 4.78 is 35.4. The monoisotopic (exact) mass is 751 g/mol. The number of benzene rings is 2. The SMILES string of the molecule is COC(=O)NC(C(=O)N1CCCC1c1ncc(-c2cc(F)c3c(c2)OC(c2cc(C)c(C)s2)n2c-3c(Cl)c3cc(Cl)ccc32)[nH]1)C1CCOCC1. The number of aromatic amines is 1. The van der Waals surface area contributed by atoms with E-state index in [0.717, 1.165) is 27.3 Å². The summed E-state index contributed by atoms with van der Waals surface area (Å²) >= 11 is 15.0. The summed E-state index contributed by atoms with van der Waals surface area (Å²) in [5, 5.41) is 4.42. The zero-order valence-corrected chi connectivity index (χ0v) is 30.6. The van der Waals surface area contributed by atoms with E-state index in [1.165, 1.54) is 13.2 Å². The number of amides is 2. The zero-order chi connectivity index (χ0) is 35.6. The minimum Gasteiger partial charge on any atom is -0.464 e. The number of rotatable bonds is 6. The zero-order valence-electron chi connectivity index (χ0n) is 28.2. The molecule has 3 aromatic heterocycles. The van der Waals surface area contributed by atoms with Gasteiger partial charge in [-0.25, -0.2) is 14.2 Å². The molecule has 0 bridgehead atoms. The van der Waals surface area contributed by atoms with Crippen LogP contribution in [0.2, 0.25) is 10.0 Å². The first-order valence-corrected chi connectivity index (χ1v) is 18.5. The van der Waals surface area contributed by atoms with Crippen LogP contribution < -0.4 is 10.1 Å². The average Bonchev–Trinajstić information content (AvgIpc) is 3.93. The standard InChI is InChI=1S/C37H36Cl2FN5O5S/c1-18-13-29(51-19(18)2)36-45-26-7-6-22(38)16-23(26)31(39)33(45)30-24(40)14-21(15-28(30)50-36)25-17-41-34(42-25)27-5-4-10-44(27)35(46)32(43-37(47)48-3)20-8-11-49-12-9-20/h6-7,13-17,20,27,32,36H,4-5,8-12H2,1-3H3,(H,41,42)(H,43,47). The fourth-order valence-corrected chi connectivity index (χ4v) is 9.20. The van der Waals surface area contributed by atoms with E-state index in [0.29, 0.717) is 83.0 Å². The summed E-state index contributed by atoms with van der Waals surface area (Å²) in [6, 6.07) is 9.73. The van der Waals surface area contributed by atoms with Crippen molar-refractivity contribution in [3.8, 4) is 28.3 Å². The number of imidazole rings is 1. The molecule has 6 heterocycles. The molecule has 0 radical (unpaired) electrons. The van der Waals surface area contributed by atoms with Gasteiger partial charge in [-0.1, -0.05) is 23.2 Å². The Hall–Kier alpha value is -4.10. The van der Waals surface area contributed by atoms with Gasteiger partial charge in [0.1, 0.15) is 23.4 Å². The number of H-pyrrole nitrogens is 1. The third-order valence-electron chi connectivity index (χ3n) is 10.3. The van der Waals surface area contributed by atoms with Gasteiger partial charge >= 0.3 is 6.09 Å². The summed E-state index contributed by atoms with van der Waals surface area (Å²) in [6.07, 6.45) is 3.18. The number of nitrogens with one attached hydrogen (secondary N) is 2. The van der Waals surface area contributed by atoms with Crippen molar-refractivity contribution < 1.29 is 28.2 Å². The number of methoxy groups -OCH3 is 1. The van der Waals surface area contributed by atoms with E-state index in [9.17, 15) is 9.59 Å². The summed E-state index contributed by atoms with van der Waals surface area (Å²) in [5.74, 6) is 0.176. The average molecular weight is 753 g/mol. The largest absolute Gasteiger partial charge is 0.464 e. The van der Waals surface area contributed by atoms with Crippen LogP contribution in [0.4, 0.5) is 9.18 Å². The molecule has 2 aromatic carbocycles. The predicted molar refractivity (Wildman–Crippen MR) is 194 cm³/mol. The predicted octanol–water partition coefficient (Wildman–Crippen LogP) is 8.58. The molecule has 10 nitrogen and oxygen atoms in total. The molecule has 51 heavy (non-hydrogen) atoms. The molecule has 2 fully saturated rings. The summed E-state index contributed by atoms with van der Waals surface area (Å²) in [7, 11) is 1.28. The van der Waals surface area contributed by atoms with Crippen molar-refractivity contribution in [2.24, 2.45) is 5.92 Å². The molecule has 14 heteroatoms. The second-order valence-electron chi connectivity index (χ2n) is 13.3. The number of hydrogen-bond acceptors (Lipinski definition) is 7. The molecular weight excluding hydrogens is 716 g/mol. The Morgan fingerprint density at radius 2 is 1.94 bits per heavy atom. The molecule has 0 saturated carbocycles. The molecule has 3 aliphatic heterocycles. The van der Waals surface area contributed by atoms with Gasteiger partial charge in [0.05, 0.1) is 51.7 Å². The van der Waals surface area contributed by atoms with Crippen LogP contribution >= 0.6 is 34.5 Å². The van der Waals surface area contributed by atoms with Gasteiger partial charge in [0, 0.05) is 40.6 Å². The van der Waals surface area contributed by atoms with E-state index in [2.05, 4.69) is 35.2 Å². The molecule has 2 N–H and O–H groups in total. The number of halogens is 3. The number of likely N-dealkylation sites (tertiary alicyclic amines) is 1. The van der Waals surface area contributed by atoms with Gasteiger partial charge in [-0.05, 0) is 87.4 Å². The van der Waals surface area contributed by atoms with Gasteiger partial charge in [-0.2, -0.15) is 0 Å². The van der Waals surface area contributed by atoms with Crippen LogP contribution in [0.3, 0.4) is 0 Å². The molecule has 3 atom stereocenters. The number of fused-ring (bicyclic) bond motifs is 5. The molecule has 2 amide bonds. The number of hydrogen-bond donors (Lipinski definition) is 2. The highest BCUT2D eigenvalue weighted by Crippen LogP contribution is 2.51. The number of alkyl carbamates (subject to hydrolysis) is 1. The molecule has 2 saturated heterocycles. The molecule has 5 aromatic rings. The van der Waals surface area contributed by atoms with Gasteiger partial charge in [-0.15, -0.1) is 11.3 Å². The summed E-state index contributed by atoms with van der Waals surface area (Å²) in [5.41, 5.74) is 3.83. The van der Waals surface area contributed by atoms with Crippen LogP contribution in [0.25, 0.3) is 33.4 Å². The van der Waals surface area contributed by atoms with Gasteiger partial charge in [0.15, 0.2) is 0 Å². The lowest BCUT2D eigenvalue weighted by molar-refractivity contribution is -0.136. The number of carbonyl (C=O) groups excluding carboxylic acids is 2. The number of carbonyl (C=O) groups is 2. The molecule has 0 aliphatic carbocycles. The Bertz CT molecular complexity index is 2160. The van der Waals surface area contributed by atoms with Crippen LogP contribution in [0.5, 0.6) is 5.75 Å². The van der Waals surface area contributed by atoms with Gasteiger partial charge in [0.25, 0.3) is 0 Å². The smallest absolute Gasteiger partial charge is 0.407 e. The topological polar surface area (TPSA) is 111 Å². The molecular formula is C37H36Cl2FN5O5S. The lowest BCUT2D eigenvalue weighted by Gasteiger charge is -2.34. The number of nitrogens with zero attached hydrogens (tertiary/aromatic N) is 3. The van der Waals surface area contributed by atoms with Crippen LogP contribution in [-0.2, 0) is 14.3 Å². The first kappa shape index (κ1) is 34.0. The highest BCUT2D eigenvalue weighted by atomic mass is 35.5. The Morgan fingerprint density at radius 3 is 2.69 bits per heavy atom. The Morgan fingerprint density at radius 1 is 1.14 bits per heavy atom. The highest BCUT2D eigenvalue weighted by Gasteiger charge is 2.40. The fraction of sp³-hybridized carbons (Fsp3) is 0.378. The Labute approximate surface area is 307 Å². The highest BCUT2D eigenvalue weighted by molar-refractivity contribution is 7.12. The van der Waals surface area contributed by atoms with E-state index in [1.54, 1.807) is 40.6 Å². The first-order chi connectivity index (χ1) is 24.6. The van der Waals surface area contributed by atoms with Crippen molar-refractivity contribution in [1.29, 1.82) is 0 Å². The minimum atomic E-state index is -0.745. The summed E-state index contributed by atoms with van der Waals surface area (Å²) in [6.45, 7) is 5.70. The maximum absolute atomic E-state index is 16.4. The molecule has 0 spiro atoms.